The maximum Gasteiger partial charge on any atom is 0.217 e. The summed E-state index contributed by atoms with van der Waals surface area (Å²) in [7, 11) is 0. The third-order valence-corrected chi connectivity index (χ3v) is 4.02. The first-order valence-electron chi connectivity index (χ1n) is 6.98. The molecule has 23 heavy (non-hydrogen) atoms. The molecule has 0 aromatic carbocycles. The molecular weight excluding hydrogens is 310 g/mol. The van der Waals surface area contributed by atoms with Gasteiger partial charge in [0.15, 0.2) is 34.7 Å². The molecule has 1 heterocycles. The van der Waals surface area contributed by atoms with Gasteiger partial charge in [0.25, 0.3) is 0 Å². The van der Waals surface area contributed by atoms with Gasteiger partial charge in [-0.15, -0.1) is 0 Å². The van der Waals surface area contributed by atoms with Crippen molar-refractivity contribution in [2.24, 2.45) is 0 Å². The zero-order chi connectivity index (χ0) is 18.2. The topological polar surface area (TPSA) is 150 Å². The van der Waals surface area contributed by atoms with Crippen LogP contribution in [0.3, 0.4) is 0 Å². The average Bonchev–Trinajstić information content (AvgIpc) is 2.42. The van der Waals surface area contributed by atoms with Crippen molar-refractivity contribution in [1.29, 1.82) is 0 Å². The first kappa shape index (κ1) is 19.4. The Balaban J connectivity index is 3.53. The molecule has 0 spiro atoms. The van der Waals surface area contributed by atoms with Crippen molar-refractivity contribution in [3.63, 3.8) is 0 Å². The molecular formula is C14H21NO8. The number of aliphatic hydroxyl groups is 3. The summed E-state index contributed by atoms with van der Waals surface area (Å²) in [5.41, 5.74) is -5.73. The minimum Gasteiger partial charge on any atom is -0.386 e. The smallest absolute Gasteiger partial charge is 0.217 e. The normalized spacial score (nSPS) is 35.3. The van der Waals surface area contributed by atoms with Crippen molar-refractivity contribution in [2.75, 3.05) is 6.61 Å². The van der Waals surface area contributed by atoms with Crippen molar-refractivity contribution in [2.45, 2.75) is 57.1 Å². The molecule has 1 aliphatic rings. The Bertz CT molecular complexity index is 545. The van der Waals surface area contributed by atoms with Crippen LogP contribution in [0.25, 0.3) is 0 Å². The zero-order valence-electron chi connectivity index (χ0n) is 13.3. The van der Waals surface area contributed by atoms with Crippen LogP contribution in [-0.4, -0.2) is 74.6 Å². The Kier molecular flexibility index (Phi) is 5.42. The lowest BCUT2D eigenvalue weighted by molar-refractivity contribution is -0.244. The van der Waals surface area contributed by atoms with Crippen molar-refractivity contribution in [1.82, 2.24) is 5.32 Å². The lowest BCUT2D eigenvalue weighted by Crippen LogP contribution is -2.81. The number of carbonyl (C=O) groups excluding carboxylic acids is 4. The monoisotopic (exact) mass is 331 g/mol. The molecule has 0 aromatic heterocycles. The second kappa shape index (κ2) is 6.44. The van der Waals surface area contributed by atoms with Crippen LogP contribution in [0.4, 0.5) is 0 Å². The highest BCUT2D eigenvalue weighted by Gasteiger charge is 2.69. The van der Waals surface area contributed by atoms with E-state index in [4.69, 9.17) is 4.74 Å². The van der Waals surface area contributed by atoms with E-state index in [1.807, 2.05) is 0 Å². The molecule has 0 aliphatic carbocycles. The molecule has 5 atom stereocenters. The first-order valence-corrected chi connectivity index (χ1v) is 6.98. The van der Waals surface area contributed by atoms with Gasteiger partial charge in [-0.1, -0.05) is 0 Å². The third kappa shape index (κ3) is 2.92. The number of hydrogen-bond acceptors (Lipinski definition) is 8. The largest absolute Gasteiger partial charge is 0.386 e. The van der Waals surface area contributed by atoms with E-state index in [1.54, 1.807) is 0 Å². The summed E-state index contributed by atoms with van der Waals surface area (Å²) in [6.45, 7) is 3.49. The van der Waals surface area contributed by atoms with Crippen LogP contribution in [0, 0.1) is 0 Å². The minimum absolute atomic E-state index is 0.506. The molecule has 0 bridgehead atoms. The number of aliphatic hydroxyl groups excluding tert-OH is 1. The van der Waals surface area contributed by atoms with E-state index in [2.05, 4.69) is 5.32 Å². The Morgan fingerprint density at radius 2 is 1.57 bits per heavy atom. The van der Waals surface area contributed by atoms with Gasteiger partial charge in [0, 0.05) is 6.92 Å². The maximum atomic E-state index is 12.1. The van der Waals surface area contributed by atoms with Gasteiger partial charge in [-0.05, 0) is 20.8 Å². The fraction of sp³-hybridized carbons (Fsp3) is 0.714. The number of Topliss-reactive ketones (excluding diaryl/α,β-unsaturated/α-hetero) is 3. The molecule has 1 aliphatic heterocycles. The molecule has 0 radical (unpaired) electrons. The van der Waals surface area contributed by atoms with Crippen LogP contribution in [0.2, 0.25) is 0 Å². The molecule has 1 rings (SSSR count). The molecule has 9 nitrogen and oxygen atoms in total. The van der Waals surface area contributed by atoms with Gasteiger partial charge in [-0.25, -0.2) is 0 Å². The number of ether oxygens (including phenoxy) is 1. The highest BCUT2D eigenvalue weighted by Crippen LogP contribution is 2.38. The van der Waals surface area contributed by atoms with Crippen LogP contribution in [0.1, 0.15) is 27.7 Å². The third-order valence-electron chi connectivity index (χ3n) is 4.02. The molecule has 1 unspecified atom stereocenters. The molecule has 9 heteroatoms. The second-order valence-corrected chi connectivity index (χ2v) is 5.69. The average molecular weight is 331 g/mol. The quantitative estimate of drug-likeness (QED) is 0.431. The summed E-state index contributed by atoms with van der Waals surface area (Å²) in [6, 6.07) is -1.44. The van der Waals surface area contributed by atoms with Crippen molar-refractivity contribution < 1.29 is 39.2 Å². The van der Waals surface area contributed by atoms with E-state index >= 15 is 0 Å². The first-order chi connectivity index (χ1) is 10.4. The summed E-state index contributed by atoms with van der Waals surface area (Å²) in [4.78, 5) is 47.4. The predicted molar refractivity (Wildman–Crippen MR) is 75.3 cm³/mol. The Labute approximate surface area is 132 Å². The lowest BCUT2D eigenvalue weighted by Gasteiger charge is -2.51. The fourth-order valence-corrected chi connectivity index (χ4v) is 2.76. The van der Waals surface area contributed by atoms with Gasteiger partial charge in [0.2, 0.25) is 5.91 Å². The van der Waals surface area contributed by atoms with Gasteiger partial charge in [-0.2, -0.15) is 0 Å². The van der Waals surface area contributed by atoms with Gasteiger partial charge >= 0.3 is 0 Å². The zero-order valence-corrected chi connectivity index (χ0v) is 13.3. The summed E-state index contributed by atoms with van der Waals surface area (Å²) < 4.78 is 5.13. The SMILES string of the molecule is CC(=O)N[C@@H]1CO[C@H](C(=O)C(C)O)[C@](O)(C(C)=O)[C@@]1(O)C(C)=O. The van der Waals surface area contributed by atoms with Crippen LogP contribution < -0.4 is 5.32 Å². The number of amides is 1. The number of carbonyl (C=O) groups is 4. The number of ketones is 3. The highest BCUT2D eigenvalue weighted by atomic mass is 16.5. The molecule has 0 saturated carbocycles. The van der Waals surface area contributed by atoms with E-state index in [1.165, 1.54) is 0 Å². The van der Waals surface area contributed by atoms with E-state index in [0.717, 1.165) is 27.7 Å². The molecule has 1 amide bonds. The molecule has 130 valence electrons. The lowest BCUT2D eigenvalue weighted by atomic mass is 9.66. The van der Waals surface area contributed by atoms with Crippen molar-refractivity contribution in [3.05, 3.63) is 0 Å². The number of rotatable bonds is 5. The van der Waals surface area contributed by atoms with Gasteiger partial charge in [0.1, 0.15) is 6.10 Å². The highest BCUT2D eigenvalue weighted by molar-refractivity contribution is 6.04. The van der Waals surface area contributed by atoms with E-state index in [9.17, 15) is 34.5 Å². The van der Waals surface area contributed by atoms with Gasteiger partial charge in [-0.3, -0.25) is 19.2 Å². The number of hydrogen-bond donors (Lipinski definition) is 4. The molecule has 4 N–H and O–H groups in total. The van der Waals surface area contributed by atoms with Crippen LogP contribution in [0.15, 0.2) is 0 Å². The standard InChI is InChI=1S/C14H21NO8/c1-6(16)11(20)12-14(22,8(3)18)13(21,7(2)17)10(5-23-12)15-9(4)19/h6,10,12,16,21-22H,5H2,1-4H3,(H,15,19)/t6?,10-,12-,13-,14-/m1/s1. The van der Waals surface area contributed by atoms with Crippen LogP contribution in [-0.2, 0) is 23.9 Å². The Hall–Kier alpha value is -1.68. The van der Waals surface area contributed by atoms with Crippen LogP contribution >= 0.6 is 0 Å². The Morgan fingerprint density at radius 1 is 1.09 bits per heavy atom. The van der Waals surface area contributed by atoms with Crippen LogP contribution in [0.5, 0.6) is 0 Å². The minimum atomic E-state index is -2.95. The summed E-state index contributed by atoms with van der Waals surface area (Å²) in [5, 5.41) is 33.2. The van der Waals surface area contributed by atoms with E-state index < -0.39 is 59.3 Å². The summed E-state index contributed by atoms with van der Waals surface area (Å²) >= 11 is 0. The summed E-state index contributed by atoms with van der Waals surface area (Å²) in [6.07, 6.45) is -3.54. The van der Waals surface area contributed by atoms with E-state index in [-0.39, 0.29) is 0 Å². The predicted octanol–water partition coefficient (Wildman–Crippen LogP) is -2.52. The van der Waals surface area contributed by atoms with Gasteiger partial charge in [0.05, 0.1) is 12.6 Å². The molecule has 1 fully saturated rings. The Morgan fingerprint density at radius 3 is 1.91 bits per heavy atom. The van der Waals surface area contributed by atoms with Gasteiger partial charge < -0.3 is 25.4 Å². The fourth-order valence-electron chi connectivity index (χ4n) is 2.76. The molecule has 1 saturated heterocycles. The number of nitrogens with one attached hydrogen (secondary N) is 1. The van der Waals surface area contributed by atoms with E-state index in [0.29, 0.717) is 0 Å². The maximum absolute atomic E-state index is 12.1. The second-order valence-electron chi connectivity index (χ2n) is 5.69. The summed E-state index contributed by atoms with van der Waals surface area (Å²) in [5.74, 6) is -3.84. The molecule has 0 aromatic rings. The van der Waals surface area contributed by atoms with Crippen molar-refractivity contribution >= 4 is 23.3 Å². The van der Waals surface area contributed by atoms with Crippen molar-refractivity contribution in [3.8, 4) is 0 Å².